The first-order valence-electron chi connectivity index (χ1n) is 8.28. The summed E-state index contributed by atoms with van der Waals surface area (Å²) >= 11 is 0. The van der Waals surface area contributed by atoms with E-state index in [-0.39, 0.29) is 5.91 Å². The molecular formula is C16H30N2O3. The minimum absolute atomic E-state index is 0.261. The van der Waals surface area contributed by atoms with Crippen LogP contribution < -0.4 is 0 Å². The third-order valence-corrected chi connectivity index (χ3v) is 4.45. The van der Waals surface area contributed by atoms with Crippen molar-refractivity contribution in [3.05, 3.63) is 0 Å². The van der Waals surface area contributed by atoms with Gasteiger partial charge < -0.3 is 14.9 Å². The summed E-state index contributed by atoms with van der Waals surface area (Å²) in [6, 6.07) is 0. The van der Waals surface area contributed by atoms with Gasteiger partial charge in [-0.2, -0.15) is 0 Å². The lowest BCUT2D eigenvalue weighted by Gasteiger charge is -2.31. The van der Waals surface area contributed by atoms with Gasteiger partial charge in [0.15, 0.2) is 0 Å². The summed E-state index contributed by atoms with van der Waals surface area (Å²) in [5.74, 6) is 0.137. The molecule has 5 nitrogen and oxygen atoms in total. The van der Waals surface area contributed by atoms with E-state index in [0.717, 1.165) is 58.4 Å². The van der Waals surface area contributed by atoms with Crippen molar-refractivity contribution < 1.29 is 14.7 Å². The number of rotatable bonds is 9. The summed E-state index contributed by atoms with van der Waals surface area (Å²) in [6.07, 6.45) is 4.86. The summed E-state index contributed by atoms with van der Waals surface area (Å²) < 4.78 is 0. The number of carboxylic acid groups (broad SMARTS) is 1. The largest absolute Gasteiger partial charge is 0.481 e. The van der Waals surface area contributed by atoms with Crippen molar-refractivity contribution in [2.24, 2.45) is 5.92 Å². The van der Waals surface area contributed by atoms with Gasteiger partial charge in [-0.3, -0.25) is 9.59 Å². The molecule has 0 aromatic rings. The van der Waals surface area contributed by atoms with Crippen LogP contribution in [0.15, 0.2) is 0 Å². The highest BCUT2D eigenvalue weighted by Crippen LogP contribution is 2.22. The van der Waals surface area contributed by atoms with Gasteiger partial charge in [0, 0.05) is 25.9 Å². The molecule has 0 unspecified atom stereocenters. The maximum atomic E-state index is 11.9. The lowest BCUT2D eigenvalue weighted by Crippen LogP contribution is -2.35. The first-order valence-corrected chi connectivity index (χ1v) is 8.28. The van der Waals surface area contributed by atoms with E-state index in [0.29, 0.717) is 18.8 Å². The minimum Gasteiger partial charge on any atom is -0.481 e. The summed E-state index contributed by atoms with van der Waals surface area (Å²) in [5.41, 5.74) is 0. The first-order chi connectivity index (χ1) is 10.1. The maximum Gasteiger partial charge on any atom is 0.303 e. The zero-order chi connectivity index (χ0) is 15.7. The Morgan fingerprint density at radius 2 is 1.76 bits per heavy atom. The fourth-order valence-corrected chi connectivity index (χ4v) is 3.01. The van der Waals surface area contributed by atoms with E-state index >= 15 is 0 Å². The molecule has 0 aromatic carbocycles. The number of hydrogen-bond acceptors (Lipinski definition) is 3. The quantitative estimate of drug-likeness (QED) is 0.709. The number of aliphatic carboxylic acids is 1. The Balaban J connectivity index is 2.13. The molecule has 0 spiro atoms. The lowest BCUT2D eigenvalue weighted by molar-refractivity contribution is -0.137. The predicted molar refractivity (Wildman–Crippen MR) is 83.2 cm³/mol. The smallest absolute Gasteiger partial charge is 0.303 e. The summed E-state index contributed by atoms with van der Waals surface area (Å²) in [5, 5.41) is 8.70. The zero-order valence-corrected chi connectivity index (χ0v) is 13.5. The summed E-state index contributed by atoms with van der Waals surface area (Å²) in [6.45, 7) is 8.70. The van der Waals surface area contributed by atoms with Crippen molar-refractivity contribution in [1.82, 2.24) is 9.80 Å². The third kappa shape index (κ3) is 6.93. The molecule has 0 aromatic heterocycles. The van der Waals surface area contributed by atoms with Crippen LogP contribution in [0, 0.1) is 5.92 Å². The van der Waals surface area contributed by atoms with Crippen LogP contribution in [0.2, 0.25) is 0 Å². The van der Waals surface area contributed by atoms with E-state index in [4.69, 9.17) is 5.11 Å². The number of nitrogens with zero attached hydrogens (tertiary/aromatic N) is 2. The molecule has 1 fully saturated rings. The molecule has 0 aliphatic carbocycles. The van der Waals surface area contributed by atoms with Crippen LogP contribution in [0.4, 0.5) is 0 Å². The molecule has 1 amide bonds. The first kappa shape index (κ1) is 18.0. The van der Waals surface area contributed by atoms with Crippen LogP contribution in [0.1, 0.15) is 52.4 Å². The highest BCUT2D eigenvalue weighted by molar-refractivity contribution is 5.76. The second-order valence-corrected chi connectivity index (χ2v) is 5.89. The molecule has 1 N–H and O–H groups in total. The van der Waals surface area contributed by atoms with E-state index in [2.05, 4.69) is 4.90 Å². The molecule has 0 atom stereocenters. The number of hydrogen-bond donors (Lipinski definition) is 1. The van der Waals surface area contributed by atoms with Crippen molar-refractivity contribution in [1.29, 1.82) is 0 Å². The number of likely N-dealkylation sites (tertiary alicyclic amines) is 1. The Bertz CT molecular complexity index is 321. The fourth-order valence-electron chi connectivity index (χ4n) is 3.01. The molecule has 5 heteroatoms. The van der Waals surface area contributed by atoms with Crippen molar-refractivity contribution in [3.8, 4) is 0 Å². The lowest BCUT2D eigenvalue weighted by atomic mass is 9.92. The van der Waals surface area contributed by atoms with Gasteiger partial charge in [0.2, 0.25) is 5.91 Å². The second-order valence-electron chi connectivity index (χ2n) is 5.89. The number of carboxylic acids is 1. The van der Waals surface area contributed by atoms with E-state index in [1.807, 2.05) is 18.7 Å². The molecule has 1 heterocycles. The van der Waals surface area contributed by atoms with Gasteiger partial charge in [0.05, 0.1) is 0 Å². The van der Waals surface area contributed by atoms with Gasteiger partial charge in [-0.15, -0.1) is 0 Å². The van der Waals surface area contributed by atoms with E-state index in [1.54, 1.807) is 0 Å². The highest BCUT2D eigenvalue weighted by Gasteiger charge is 2.19. The number of carbonyl (C=O) groups excluding carboxylic acids is 1. The SMILES string of the molecule is CCN(CC)C(=O)CCCN1CCC(CCC(=O)O)CC1. The average Bonchev–Trinajstić information content (AvgIpc) is 2.47. The molecule has 1 saturated heterocycles. The van der Waals surface area contributed by atoms with E-state index in [1.165, 1.54) is 0 Å². The van der Waals surface area contributed by atoms with Gasteiger partial charge >= 0.3 is 5.97 Å². The van der Waals surface area contributed by atoms with Crippen molar-refractivity contribution in [3.63, 3.8) is 0 Å². The standard InChI is InChI=1S/C16H30N2O3/c1-3-18(4-2)15(19)6-5-11-17-12-9-14(10-13-17)7-8-16(20)21/h14H,3-13H2,1-2H3,(H,20,21). The Labute approximate surface area is 128 Å². The van der Waals surface area contributed by atoms with Gasteiger partial charge in [-0.25, -0.2) is 0 Å². The molecule has 0 radical (unpaired) electrons. The monoisotopic (exact) mass is 298 g/mol. The number of carbonyl (C=O) groups is 2. The average molecular weight is 298 g/mol. The van der Waals surface area contributed by atoms with Crippen molar-refractivity contribution in [2.75, 3.05) is 32.7 Å². The topological polar surface area (TPSA) is 60.9 Å². The Hall–Kier alpha value is -1.10. The molecule has 122 valence electrons. The van der Waals surface area contributed by atoms with Crippen molar-refractivity contribution >= 4 is 11.9 Å². The Morgan fingerprint density at radius 3 is 2.29 bits per heavy atom. The Kier molecular flexibility index (Phi) is 8.35. The van der Waals surface area contributed by atoms with E-state index < -0.39 is 5.97 Å². The van der Waals surface area contributed by atoms with Gasteiger partial charge in [-0.1, -0.05) is 0 Å². The number of piperidine rings is 1. The van der Waals surface area contributed by atoms with Crippen LogP contribution in [0.25, 0.3) is 0 Å². The maximum absolute atomic E-state index is 11.9. The van der Waals surface area contributed by atoms with Crippen LogP contribution in [0.5, 0.6) is 0 Å². The fraction of sp³-hybridized carbons (Fsp3) is 0.875. The normalized spacial score (nSPS) is 16.9. The predicted octanol–water partition coefficient (Wildman–Crippen LogP) is 2.21. The van der Waals surface area contributed by atoms with Gasteiger partial charge in [0.25, 0.3) is 0 Å². The van der Waals surface area contributed by atoms with Crippen molar-refractivity contribution in [2.45, 2.75) is 52.4 Å². The molecule has 1 aliphatic heterocycles. The molecule has 0 saturated carbocycles. The summed E-state index contributed by atoms with van der Waals surface area (Å²) in [7, 11) is 0. The molecule has 0 bridgehead atoms. The van der Waals surface area contributed by atoms with Crippen LogP contribution in [-0.2, 0) is 9.59 Å². The zero-order valence-electron chi connectivity index (χ0n) is 13.5. The molecule has 1 rings (SSSR count). The van der Waals surface area contributed by atoms with Gasteiger partial charge in [-0.05, 0) is 65.1 Å². The van der Waals surface area contributed by atoms with E-state index in [9.17, 15) is 9.59 Å². The third-order valence-electron chi connectivity index (χ3n) is 4.45. The van der Waals surface area contributed by atoms with Crippen LogP contribution in [-0.4, -0.2) is 59.5 Å². The summed E-state index contributed by atoms with van der Waals surface area (Å²) in [4.78, 5) is 26.8. The van der Waals surface area contributed by atoms with Crippen LogP contribution in [0.3, 0.4) is 0 Å². The van der Waals surface area contributed by atoms with Gasteiger partial charge in [0.1, 0.15) is 0 Å². The molecule has 1 aliphatic rings. The second kappa shape index (κ2) is 9.77. The number of amides is 1. The Morgan fingerprint density at radius 1 is 1.14 bits per heavy atom. The molecular weight excluding hydrogens is 268 g/mol. The highest BCUT2D eigenvalue weighted by atomic mass is 16.4. The molecule has 21 heavy (non-hydrogen) atoms. The van der Waals surface area contributed by atoms with Crippen LogP contribution >= 0.6 is 0 Å². The minimum atomic E-state index is -0.688.